The van der Waals surface area contributed by atoms with E-state index in [-0.39, 0.29) is 17.5 Å². The molecule has 0 unspecified atom stereocenters. The summed E-state index contributed by atoms with van der Waals surface area (Å²) < 4.78 is 27.5. The molecule has 0 bridgehead atoms. The first-order valence-electron chi connectivity index (χ1n) is 7.15. The molecule has 1 amide bonds. The number of rotatable bonds is 5. The van der Waals surface area contributed by atoms with Crippen molar-refractivity contribution in [2.24, 2.45) is 0 Å². The number of esters is 1. The van der Waals surface area contributed by atoms with Gasteiger partial charge in [-0.2, -0.15) is 0 Å². The largest absolute Gasteiger partial charge is 0.452 e. The van der Waals surface area contributed by atoms with Crippen LogP contribution in [0.25, 0.3) is 0 Å². The standard InChI is InChI=1S/C15H19NO5S/c1-2-11-3-5-12(6-4-11)15(18)21-9-14(17)16-13-7-8-22(19,20)10-13/h3-6,13H,2,7-10H2,1H3,(H,16,17)/t13-/m0/s1. The molecule has 1 atom stereocenters. The quantitative estimate of drug-likeness (QED) is 0.805. The van der Waals surface area contributed by atoms with Gasteiger partial charge in [-0.15, -0.1) is 0 Å². The third kappa shape index (κ3) is 4.56. The predicted molar refractivity (Wildman–Crippen MR) is 81.3 cm³/mol. The van der Waals surface area contributed by atoms with E-state index < -0.39 is 28.3 Å². The number of sulfone groups is 1. The van der Waals surface area contributed by atoms with Crippen LogP contribution in [0.2, 0.25) is 0 Å². The number of carbonyl (C=O) groups excluding carboxylic acids is 2. The molecule has 2 rings (SSSR count). The molecule has 0 radical (unpaired) electrons. The summed E-state index contributed by atoms with van der Waals surface area (Å²) in [6, 6.07) is 6.59. The van der Waals surface area contributed by atoms with Crippen LogP contribution in [-0.2, 0) is 25.8 Å². The van der Waals surface area contributed by atoms with E-state index in [0.717, 1.165) is 12.0 Å². The molecule has 0 aromatic heterocycles. The SMILES string of the molecule is CCc1ccc(C(=O)OCC(=O)N[C@H]2CCS(=O)(=O)C2)cc1. The van der Waals surface area contributed by atoms with E-state index in [9.17, 15) is 18.0 Å². The van der Waals surface area contributed by atoms with Crippen LogP contribution in [0.15, 0.2) is 24.3 Å². The Morgan fingerprint density at radius 3 is 2.50 bits per heavy atom. The van der Waals surface area contributed by atoms with Crippen LogP contribution in [0, 0.1) is 0 Å². The molecule has 22 heavy (non-hydrogen) atoms. The monoisotopic (exact) mass is 325 g/mol. The summed E-state index contributed by atoms with van der Waals surface area (Å²) in [4.78, 5) is 23.5. The Hall–Kier alpha value is -1.89. The molecular formula is C15H19NO5S. The van der Waals surface area contributed by atoms with E-state index in [0.29, 0.717) is 12.0 Å². The van der Waals surface area contributed by atoms with Crippen molar-refractivity contribution < 1.29 is 22.7 Å². The van der Waals surface area contributed by atoms with Gasteiger partial charge in [-0.1, -0.05) is 19.1 Å². The first-order chi connectivity index (χ1) is 10.4. The van der Waals surface area contributed by atoms with Gasteiger partial charge in [0.25, 0.3) is 5.91 Å². The van der Waals surface area contributed by atoms with Crippen LogP contribution in [0.4, 0.5) is 0 Å². The fraction of sp³-hybridized carbons (Fsp3) is 0.467. The maximum atomic E-state index is 11.8. The van der Waals surface area contributed by atoms with Crippen molar-refractivity contribution in [1.82, 2.24) is 5.32 Å². The molecule has 1 saturated heterocycles. The van der Waals surface area contributed by atoms with Gasteiger partial charge in [0.15, 0.2) is 16.4 Å². The first-order valence-corrected chi connectivity index (χ1v) is 8.97. The third-order valence-electron chi connectivity index (χ3n) is 3.53. The summed E-state index contributed by atoms with van der Waals surface area (Å²) in [5.74, 6) is -1.02. The normalized spacial score (nSPS) is 19.6. The summed E-state index contributed by atoms with van der Waals surface area (Å²) in [5, 5.41) is 2.56. The Kier molecular flexibility index (Phi) is 5.18. The van der Waals surface area contributed by atoms with Gasteiger partial charge >= 0.3 is 5.97 Å². The lowest BCUT2D eigenvalue weighted by Gasteiger charge is -2.11. The highest BCUT2D eigenvalue weighted by Gasteiger charge is 2.29. The fourth-order valence-electron chi connectivity index (χ4n) is 2.27. The second-order valence-electron chi connectivity index (χ2n) is 5.29. The lowest BCUT2D eigenvalue weighted by Crippen LogP contribution is -2.38. The van der Waals surface area contributed by atoms with Crippen molar-refractivity contribution in [3.05, 3.63) is 35.4 Å². The smallest absolute Gasteiger partial charge is 0.338 e. The lowest BCUT2D eigenvalue weighted by molar-refractivity contribution is -0.124. The molecule has 7 heteroatoms. The van der Waals surface area contributed by atoms with Crippen molar-refractivity contribution in [3.63, 3.8) is 0 Å². The summed E-state index contributed by atoms with van der Waals surface area (Å²) in [6.45, 7) is 1.60. The van der Waals surface area contributed by atoms with Crippen molar-refractivity contribution in [2.75, 3.05) is 18.1 Å². The highest BCUT2D eigenvalue weighted by molar-refractivity contribution is 7.91. The summed E-state index contributed by atoms with van der Waals surface area (Å²) in [7, 11) is -3.04. The number of aryl methyl sites for hydroxylation is 1. The Morgan fingerprint density at radius 1 is 1.27 bits per heavy atom. The second-order valence-corrected chi connectivity index (χ2v) is 7.52. The van der Waals surface area contributed by atoms with Gasteiger partial charge in [0, 0.05) is 6.04 Å². The van der Waals surface area contributed by atoms with Gasteiger partial charge in [-0.3, -0.25) is 4.79 Å². The third-order valence-corrected chi connectivity index (χ3v) is 5.30. The zero-order valence-corrected chi connectivity index (χ0v) is 13.2. The minimum absolute atomic E-state index is 0.0504. The van der Waals surface area contributed by atoms with Gasteiger partial charge in [-0.25, -0.2) is 13.2 Å². The van der Waals surface area contributed by atoms with Crippen molar-refractivity contribution in [1.29, 1.82) is 0 Å². The number of ether oxygens (including phenoxy) is 1. The van der Waals surface area contributed by atoms with E-state index in [1.165, 1.54) is 0 Å². The second kappa shape index (κ2) is 6.91. The van der Waals surface area contributed by atoms with Crippen LogP contribution < -0.4 is 5.32 Å². The molecule has 0 saturated carbocycles. The van der Waals surface area contributed by atoms with Crippen LogP contribution >= 0.6 is 0 Å². The molecule has 6 nitrogen and oxygen atoms in total. The average molecular weight is 325 g/mol. The molecule has 0 aliphatic carbocycles. The van der Waals surface area contributed by atoms with Gasteiger partial charge in [0.1, 0.15) is 0 Å². The maximum absolute atomic E-state index is 11.8. The first kappa shape index (κ1) is 16.5. The van der Waals surface area contributed by atoms with Crippen LogP contribution in [0.3, 0.4) is 0 Å². The summed E-state index contributed by atoms with van der Waals surface area (Å²) >= 11 is 0. The highest BCUT2D eigenvalue weighted by Crippen LogP contribution is 2.11. The topological polar surface area (TPSA) is 89.5 Å². The molecule has 120 valence electrons. The van der Waals surface area contributed by atoms with Crippen LogP contribution in [-0.4, -0.2) is 44.4 Å². The Morgan fingerprint density at radius 2 is 1.95 bits per heavy atom. The maximum Gasteiger partial charge on any atom is 0.338 e. The van der Waals surface area contributed by atoms with Gasteiger partial charge < -0.3 is 10.1 Å². The van der Waals surface area contributed by atoms with Gasteiger partial charge in [-0.05, 0) is 30.5 Å². The number of benzene rings is 1. The fourth-order valence-corrected chi connectivity index (χ4v) is 3.94. The van der Waals surface area contributed by atoms with Crippen LogP contribution in [0.5, 0.6) is 0 Å². The average Bonchev–Trinajstić information content (AvgIpc) is 2.83. The molecule has 1 aliphatic rings. The van der Waals surface area contributed by atoms with Crippen molar-refractivity contribution in [2.45, 2.75) is 25.8 Å². The number of carbonyl (C=O) groups is 2. The molecule has 1 N–H and O–H groups in total. The Balaban J connectivity index is 1.79. The van der Waals surface area contributed by atoms with E-state index in [2.05, 4.69) is 5.32 Å². The van der Waals surface area contributed by atoms with E-state index in [1.807, 2.05) is 19.1 Å². The van der Waals surface area contributed by atoms with Gasteiger partial charge in [0.05, 0.1) is 17.1 Å². The molecular weight excluding hydrogens is 306 g/mol. The van der Waals surface area contributed by atoms with Crippen LogP contribution in [0.1, 0.15) is 29.3 Å². The molecule has 1 aliphatic heterocycles. The molecule has 1 fully saturated rings. The van der Waals surface area contributed by atoms with Gasteiger partial charge in [0.2, 0.25) is 0 Å². The molecule has 1 aromatic carbocycles. The minimum Gasteiger partial charge on any atom is -0.452 e. The zero-order valence-electron chi connectivity index (χ0n) is 12.4. The molecule has 1 heterocycles. The number of hydrogen-bond acceptors (Lipinski definition) is 5. The van der Waals surface area contributed by atoms with E-state index in [1.54, 1.807) is 12.1 Å². The Bertz CT molecular complexity index is 651. The molecule has 1 aromatic rings. The summed E-state index contributed by atoms with van der Waals surface area (Å²) in [6.07, 6.45) is 1.28. The number of nitrogens with one attached hydrogen (secondary N) is 1. The summed E-state index contributed by atoms with van der Waals surface area (Å²) in [5.41, 5.74) is 1.49. The molecule has 0 spiro atoms. The van der Waals surface area contributed by atoms with Crippen molar-refractivity contribution in [3.8, 4) is 0 Å². The van der Waals surface area contributed by atoms with E-state index >= 15 is 0 Å². The van der Waals surface area contributed by atoms with Crippen molar-refractivity contribution >= 4 is 21.7 Å². The predicted octanol–water partition coefficient (Wildman–Crippen LogP) is 0.709. The minimum atomic E-state index is -3.04. The van der Waals surface area contributed by atoms with E-state index in [4.69, 9.17) is 4.74 Å². The number of amides is 1. The Labute approximate surface area is 129 Å². The lowest BCUT2D eigenvalue weighted by atomic mass is 10.1. The zero-order chi connectivity index (χ0) is 16.2. The number of hydrogen-bond donors (Lipinski definition) is 1. The highest BCUT2D eigenvalue weighted by atomic mass is 32.2.